The third-order valence-corrected chi connectivity index (χ3v) is 5.98. The molecule has 0 atom stereocenters. The molecule has 0 N–H and O–H groups in total. The standard InChI is InChI=1S/C10H14N4O4S2/c15-19(16,13-5-3-11-9-13)7-1-2-8-20(17,18)14-6-4-12-10-14/h3-6,9-10H,1-2,7-8H2. The highest BCUT2D eigenvalue weighted by Crippen LogP contribution is 2.05. The summed E-state index contributed by atoms with van der Waals surface area (Å²) in [4.78, 5) is 7.33. The summed E-state index contributed by atoms with van der Waals surface area (Å²) >= 11 is 0. The van der Waals surface area contributed by atoms with Crippen molar-refractivity contribution >= 4 is 20.0 Å². The molecule has 10 heteroatoms. The first-order valence-electron chi connectivity index (χ1n) is 5.84. The zero-order chi connectivity index (χ0) is 14.6. The molecule has 2 aromatic rings. The van der Waals surface area contributed by atoms with Crippen molar-refractivity contribution in [3.05, 3.63) is 37.4 Å². The van der Waals surface area contributed by atoms with E-state index in [0.29, 0.717) is 0 Å². The molecule has 2 aromatic heterocycles. The summed E-state index contributed by atoms with van der Waals surface area (Å²) in [5.41, 5.74) is 0. The van der Waals surface area contributed by atoms with Crippen LogP contribution in [0.2, 0.25) is 0 Å². The SMILES string of the molecule is O=S(=O)(CCCCS(=O)(=O)n1ccnc1)n1ccnc1. The van der Waals surface area contributed by atoms with Crippen molar-refractivity contribution in [3.63, 3.8) is 0 Å². The van der Waals surface area contributed by atoms with Gasteiger partial charge in [0.05, 0.1) is 11.5 Å². The second-order valence-electron chi connectivity index (χ2n) is 4.12. The fourth-order valence-electron chi connectivity index (χ4n) is 1.60. The molecule has 20 heavy (non-hydrogen) atoms. The largest absolute Gasteiger partial charge is 0.244 e. The predicted octanol–water partition coefficient (Wildman–Crippen LogP) is -0.0842. The first-order valence-corrected chi connectivity index (χ1v) is 9.06. The van der Waals surface area contributed by atoms with Crippen molar-refractivity contribution in [3.8, 4) is 0 Å². The molecule has 0 aromatic carbocycles. The van der Waals surface area contributed by atoms with Crippen molar-refractivity contribution in [2.75, 3.05) is 11.5 Å². The Morgan fingerprint density at radius 3 is 1.45 bits per heavy atom. The Morgan fingerprint density at radius 2 is 1.15 bits per heavy atom. The van der Waals surface area contributed by atoms with Gasteiger partial charge < -0.3 is 0 Å². The van der Waals surface area contributed by atoms with Crippen LogP contribution in [-0.2, 0) is 20.0 Å². The van der Waals surface area contributed by atoms with E-state index in [0.717, 1.165) is 7.94 Å². The van der Waals surface area contributed by atoms with Crippen LogP contribution in [0.5, 0.6) is 0 Å². The van der Waals surface area contributed by atoms with Gasteiger partial charge in [0.15, 0.2) is 0 Å². The van der Waals surface area contributed by atoms with Crippen molar-refractivity contribution in [2.24, 2.45) is 0 Å². The van der Waals surface area contributed by atoms with Gasteiger partial charge in [-0.1, -0.05) is 0 Å². The van der Waals surface area contributed by atoms with E-state index in [1.807, 2.05) is 0 Å². The molecule has 0 aliphatic carbocycles. The second-order valence-corrected chi connectivity index (χ2v) is 8.11. The van der Waals surface area contributed by atoms with Crippen LogP contribution in [0, 0.1) is 0 Å². The highest BCUT2D eigenvalue weighted by molar-refractivity contribution is 7.90. The molecule has 0 spiro atoms. The Morgan fingerprint density at radius 1 is 0.750 bits per heavy atom. The molecule has 2 rings (SSSR count). The number of aromatic nitrogens is 4. The van der Waals surface area contributed by atoms with Gasteiger partial charge in [-0.25, -0.2) is 34.7 Å². The molecule has 110 valence electrons. The van der Waals surface area contributed by atoms with Crippen LogP contribution in [0.4, 0.5) is 0 Å². The summed E-state index contributed by atoms with van der Waals surface area (Å²) in [6.07, 6.45) is 8.37. The van der Waals surface area contributed by atoms with Crippen molar-refractivity contribution < 1.29 is 16.8 Å². The minimum Gasteiger partial charge on any atom is -0.244 e. The van der Waals surface area contributed by atoms with Gasteiger partial charge in [-0.15, -0.1) is 0 Å². The first kappa shape index (κ1) is 14.7. The first-order chi connectivity index (χ1) is 9.42. The Bertz CT molecular complexity index is 667. The number of imidazole rings is 2. The van der Waals surface area contributed by atoms with Crippen LogP contribution in [0.1, 0.15) is 12.8 Å². The molecular weight excluding hydrogens is 304 g/mol. The van der Waals surface area contributed by atoms with Crippen LogP contribution in [0.25, 0.3) is 0 Å². The molecular formula is C10H14N4O4S2. The maximum atomic E-state index is 11.8. The van der Waals surface area contributed by atoms with E-state index in [1.165, 1.54) is 37.4 Å². The molecule has 0 aliphatic rings. The predicted molar refractivity (Wildman–Crippen MR) is 72.1 cm³/mol. The number of rotatable bonds is 7. The summed E-state index contributed by atoms with van der Waals surface area (Å²) in [7, 11) is -6.90. The van der Waals surface area contributed by atoms with E-state index in [1.54, 1.807) is 0 Å². The average Bonchev–Trinajstić information content (AvgIpc) is 3.05. The van der Waals surface area contributed by atoms with Gasteiger partial charge in [0, 0.05) is 24.8 Å². The smallest absolute Gasteiger partial charge is 0.239 e. The maximum Gasteiger partial charge on any atom is 0.239 e. The Labute approximate surface area is 117 Å². The summed E-state index contributed by atoms with van der Waals surface area (Å²) in [5.74, 6) is -0.244. The maximum absolute atomic E-state index is 11.8. The normalized spacial score (nSPS) is 12.6. The number of hydrogen-bond acceptors (Lipinski definition) is 6. The number of hydrogen-bond donors (Lipinski definition) is 0. The van der Waals surface area contributed by atoms with E-state index >= 15 is 0 Å². The summed E-state index contributed by atoms with van der Waals surface area (Å²) in [6.45, 7) is 0. The lowest BCUT2D eigenvalue weighted by Crippen LogP contribution is -2.18. The summed E-state index contributed by atoms with van der Waals surface area (Å²) in [6, 6.07) is 0. The van der Waals surface area contributed by atoms with Crippen LogP contribution < -0.4 is 0 Å². The van der Waals surface area contributed by atoms with Gasteiger partial charge in [0.2, 0.25) is 20.0 Å². The van der Waals surface area contributed by atoms with E-state index in [-0.39, 0.29) is 24.3 Å². The molecule has 8 nitrogen and oxygen atoms in total. The molecule has 2 heterocycles. The highest BCUT2D eigenvalue weighted by atomic mass is 32.2. The quantitative estimate of drug-likeness (QED) is 0.661. The van der Waals surface area contributed by atoms with Gasteiger partial charge in [0.25, 0.3) is 0 Å². The lowest BCUT2D eigenvalue weighted by Gasteiger charge is -2.06. The summed E-state index contributed by atoms with van der Waals surface area (Å²) in [5, 5.41) is 0. The third-order valence-electron chi connectivity index (χ3n) is 2.66. The van der Waals surface area contributed by atoms with Gasteiger partial charge >= 0.3 is 0 Å². The molecule has 0 radical (unpaired) electrons. The van der Waals surface area contributed by atoms with Crippen molar-refractivity contribution in [2.45, 2.75) is 12.8 Å². The van der Waals surface area contributed by atoms with Crippen LogP contribution in [-0.4, -0.2) is 46.3 Å². The number of nitrogens with zero attached hydrogens (tertiary/aromatic N) is 4. The molecule has 0 unspecified atom stereocenters. The summed E-state index contributed by atoms with van der Waals surface area (Å²) < 4.78 is 49.3. The van der Waals surface area contributed by atoms with Crippen LogP contribution in [0.3, 0.4) is 0 Å². The lowest BCUT2D eigenvalue weighted by molar-refractivity contribution is 0.576. The molecule has 0 bridgehead atoms. The molecule has 0 aliphatic heterocycles. The third kappa shape index (κ3) is 3.45. The zero-order valence-electron chi connectivity index (χ0n) is 10.5. The van der Waals surface area contributed by atoms with Gasteiger partial charge in [-0.2, -0.15) is 0 Å². The molecule has 0 saturated carbocycles. The highest BCUT2D eigenvalue weighted by Gasteiger charge is 2.15. The van der Waals surface area contributed by atoms with E-state index in [4.69, 9.17) is 0 Å². The lowest BCUT2D eigenvalue weighted by atomic mass is 10.4. The fraction of sp³-hybridized carbons (Fsp3) is 0.400. The van der Waals surface area contributed by atoms with Gasteiger partial charge in [0.1, 0.15) is 12.7 Å². The minimum absolute atomic E-state index is 0.122. The minimum atomic E-state index is -3.45. The van der Waals surface area contributed by atoms with Gasteiger partial charge in [-0.3, -0.25) is 0 Å². The van der Waals surface area contributed by atoms with Crippen molar-refractivity contribution in [1.29, 1.82) is 0 Å². The van der Waals surface area contributed by atoms with E-state index < -0.39 is 20.0 Å². The molecule has 0 amide bonds. The van der Waals surface area contributed by atoms with E-state index in [2.05, 4.69) is 9.97 Å². The Balaban J connectivity index is 1.86. The van der Waals surface area contributed by atoms with Crippen LogP contribution >= 0.6 is 0 Å². The van der Waals surface area contributed by atoms with Crippen molar-refractivity contribution in [1.82, 2.24) is 17.9 Å². The van der Waals surface area contributed by atoms with Crippen LogP contribution in [0.15, 0.2) is 37.4 Å². The Hall–Kier alpha value is -1.68. The monoisotopic (exact) mass is 318 g/mol. The molecule has 0 saturated heterocycles. The topological polar surface area (TPSA) is 104 Å². The fourth-order valence-corrected chi connectivity index (χ4v) is 4.04. The number of unbranched alkanes of at least 4 members (excludes halogenated alkanes) is 1. The Kier molecular flexibility index (Phi) is 4.23. The molecule has 0 fully saturated rings. The second kappa shape index (κ2) is 5.75. The van der Waals surface area contributed by atoms with E-state index in [9.17, 15) is 16.8 Å². The zero-order valence-corrected chi connectivity index (χ0v) is 12.2. The van der Waals surface area contributed by atoms with Gasteiger partial charge in [-0.05, 0) is 12.8 Å². The average molecular weight is 318 g/mol.